The molecule has 0 spiro atoms. The summed E-state index contributed by atoms with van der Waals surface area (Å²) in [5.41, 5.74) is 1.89. The molecule has 0 radical (unpaired) electrons. The first-order valence-corrected chi connectivity index (χ1v) is 6.92. The monoisotopic (exact) mass is 282 g/mol. The molecule has 0 saturated heterocycles. The minimum atomic E-state index is -0.358. The number of hydrogen-bond donors (Lipinski definition) is 0. The first kappa shape index (κ1) is 15.0. The summed E-state index contributed by atoms with van der Waals surface area (Å²) in [5.74, 6) is -0.668. The van der Waals surface area contributed by atoms with E-state index in [1.807, 2.05) is 60.7 Å². The molecular weight excluding hydrogens is 264 g/mol. The van der Waals surface area contributed by atoms with Crippen LogP contribution in [0.4, 0.5) is 0 Å². The van der Waals surface area contributed by atoms with Gasteiger partial charge in [-0.25, -0.2) is 0 Å². The lowest BCUT2D eigenvalue weighted by Crippen LogP contribution is -2.15. The molecule has 0 aliphatic carbocycles. The van der Waals surface area contributed by atoms with Gasteiger partial charge in [0.2, 0.25) is 0 Å². The van der Waals surface area contributed by atoms with E-state index in [0.717, 1.165) is 11.1 Å². The maximum atomic E-state index is 12.6. The van der Waals surface area contributed by atoms with Crippen LogP contribution in [0.15, 0.2) is 60.7 Å². The highest BCUT2D eigenvalue weighted by Crippen LogP contribution is 2.27. The number of rotatable bonds is 6. The SMILES string of the molecule is COC(=O)CCC(=O)C(c1ccccc1)c1ccccc1. The number of carbonyl (C=O) groups excluding carboxylic acids is 2. The average molecular weight is 282 g/mol. The minimum Gasteiger partial charge on any atom is -0.469 e. The summed E-state index contributed by atoms with van der Waals surface area (Å²) >= 11 is 0. The van der Waals surface area contributed by atoms with E-state index in [2.05, 4.69) is 4.74 Å². The summed E-state index contributed by atoms with van der Waals surface area (Å²) in [6.45, 7) is 0. The second kappa shape index (κ2) is 7.39. The quantitative estimate of drug-likeness (QED) is 0.763. The van der Waals surface area contributed by atoms with Gasteiger partial charge in [-0.1, -0.05) is 60.7 Å². The van der Waals surface area contributed by atoms with Crippen molar-refractivity contribution in [1.29, 1.82) is 0 Å². The summed E-state index contributed by atoms with van der Waals surface area (Å²) < 4.78 is 4.60. The Morgan fingerprint density at radius 2 is 1.33 bits per heavy atom. The van der Waals surface area contributed by atoms with Gasteiger partial charge in [-0.2, -0.15) is 0 Å². The Bertz CT molecular complexity index is 551. The number of Topliss-reactive ketones (excluding diaryl/α,β-unsaturated/α-hetero) is 1. The molecule has 0 unspecified atom stereocenters. The van der Waals surface area contributed by atoms with Crippen molar-refractivity contribution >= 4 is 11.8 Å². The minimum absolute atomic E-state index is 0.0257. The Labute approximate surface area is 124 Å². The lowest BCUT2D eigenvalue weighted by molar-refractivity contribution is -0.142. The van der Waals surface area contributed by atoms with E-state index in [9.17, 15) is 9.59 Å². The van der Waals surface area contributed by atoms with Crippen LogP contribution in [0.1, 0.15) is 29.9 Å². The molecule has 3 nitrogen and oxygen atoms in total. The van der Waals surface area contributed by atoms with Crippen LogP contribution in [0.5, 0.6) is 0 Å². The number of benzene rings is 2. The fraction of sp³-hybridized carbons (Fsp3) is 0.222. The third-order valence-electron chi connectivity index (χ3n) is 3.39. The van der Waals surface area contributed by atoms with Crippen molar-refractivity contribution in [1.82, 2.24) is 0 Å². The van der Waals surface area contributed by atoms with E-state index in [4.69, 9.17) is 0 Å². The summed E-state index contributed by atoms with van der Waals surface area (Å²) in [6.07, 6.45) is 0.298. The molecule has 0 saturated carbocycles. The highest BCUT2D eigenvalue weighted by Gasteiger charge is 2.22. The standard InChI is InChI=1S/C18H18O3/c1-21-17(20)13-12-16(19)18(14-8-4-2-5-9-14)15-10-6-3-7-11-15/h2-11,18H,12-13H2,1H3. The predicted molar refractivity (Wildman–Crippen MR) is 81.0 cm³/mol. The third kappa shape index (κ3) is 4.02. The van der Waals surface area contributed by atoms with Crippen molar-refractivity contribution < 1.29 is 14.3 Å². The Morgan fingerprint density at radius 1 is 0.857 bits per heavy atom. The molecular formula is C18H18O3. The van der Waals surface area contributed by atoms with Gasteiger partial charge in [-0.3, -0.25) is 9.59 Å². The van der Waals surface area contributed by atoms with Gasteiger partial charge in [-0.15, -0.1) is 0 Å². The van der Waals surface area contributed by atoms with E-state index < -0.39 is 0 Å². The van der Waals surface area contributed by atoms with Crippen LogP contribution in [0.3, 0.4) is 0 Å². The van der Waals surface area contributed by atoms with E-state index in [-0.39, 0.29) is 30.5 Å². The highest BCUT2D eigenvalue weighted by molar-refractivity contribution is 5.91. The topological polar surface area (TPSA) is 43.4 Å². The molecule has 3 heteroatoms. The van der Waals surface area contributed by atoms with E-state index >= 15 is 0 Å². The van der Waals surface area contributed by atoms with E-state index in [1.165, 1.54) is 7.11 Å². The van der Waals surface area contributed by atoms with Gasteiger partial charge in [-0.05, 0) is 11.1 Å². The maximum absolute atomic E-state index is 12.6. The smallest absolute Gasteiger partial charge is 0.305 e. The number of esters is 1. The number of ether oxygens (including phenoxy) is 1. The third-order valence-corrected chi connectivity index (χ3v) is 3.39. The molecule has 2 rings (SSSR count). The van der Waals surface area contributed by atoms with Crippen molar-refractivity contribution in [2.45, 2.75) is 18.8 Å². The summed E-state index contributed by atoms with van der Waals surface area (Å²) in [6, 6.07) is 19.3. The molecule has 0 aromatic heterocycles. The summed E-state index contributed by atoms with van der Waals surface area (Å²) in [7, 11) is 1.33. The molecule has 0 bridgehead atoms. The van der Waals surface area contributed by atoms with Crippen molar-refractivity contribution in [3.8, 4) is 0 Å². The molecule has 2 aromatic carbocycles. The molecule has 0 fully saturated rings. The normalized spacial score (nSPS) is 10.4. The molecule has 0 N–H and O–H groups in total. The Morgan fingerprint density at radius 3 is 1.76 bits per heavy atom. The predicted octanol–water partition coefficient (Wildman–Crippen LogP) is 3.34. The maximum Gasteiger partial charge on any atom is 0.305 e. The second-order valence-electron chi connectivity index (χ2n) is 4.80. The fourth-order valence-electron chi connectivity index (χ4n) is 2.33. The average Bonchev–Trinajstić information content (AvgIpc) is 2.55. The van der Waals surface area contributed by atoms with Crippen LogP contribution < -0.4 is 0 Å². The van der Waals surface area contributed by atoms with E-state index in [1.54, 1.807) is 0 Å². The molecule has 0 aliphatic heterocycles. The summed E-state index contributed by atoms with van der Waals surface area (Å²) in [4.78, 5) is 23.8. The largest absolute Gasteiger partial charge is 0.469 e. The van der Waals surface area contributed by atoms with Crippen molar-refractivity contribution in [3.63, 3.8) is 0 Å². The van der Waals surface area contributed by atoms with Crippen molar-refractivity contribution in [2.75, 3.05) is 7.11 Å². The Kier molecular flexibility index (Phi) is 5.27. The van der Waals surface area contributed by atoms with Gasteiger partial charge >= 0.3 is 5.97 Å². The highest BCUT2D eigenvalue weighted by atomic mass is 16.5. The first-order valence-electron chi connectivity index (χ1n) is 6.92. The lowest BCUT2D eigenvalue weighted by Gasteiger charge is -2.16. The molecule has 0 heterocycles. The van der Waals surface area contributed by atoms with Gasteiger partial charge in [0.15, 0.2) is 0 Å². The molecule has 0 amide bonds. The van der Waals surface area contributed by atoms with Gasteiger partial charge < -0.3 is 4.74 Å². The van der Waals surface area contributed by atoms with Crippen LogP contribution in [0.25, 0.3) is 0 Å². The number of hydrogen-bond acceptors (Lipinski definition) is 3. The van der Waals surface area contributed by atoms with Gasteiger partial charge in [0.25, 0.3) is 0 Å². The Hall–Kier alpha value is -2.42. The van der Waals surface area contributed by atoms with Crippen LogP contribution >= 0.6 is 0 Å². The summed E-state index contributed by atoms with van der Waals surface area (Å²) in [5, 5.41) is 0. The Balaban J connectivity index is 2.25. The zero-order valence-electron chi connectivity index (χ0n) is 12.0. The van der Waals surface area contributed by atoms with Crippen molar-refractivity contribution in [2.24, 2.45) is 0 Å². The molecule has 0 atom stereocenters. The van der Waals surface area contributed by atoms with Crippen LogP contribution in [0.2, 0.25) is 0 Å². The van der Waals surface area contributed by atoms with Crippen LogP contribution in [-0.4, -0.2) is 18.9 Å². The zero-order valence-corrected chi connectivity index (χ0v) is 12.0. The molecule has 2 aromatic rings. The second-order valence-corrected chi connectivity index (χ2v) is 4.80. The molecule has 108 valence electrons. The molecule has 0 aliphatic rings. The number of ketones is 1. The van der Waals surface area contributed by atoms with E-state index in [0.29, 0.717) is 0 Å². The van der Waals surface area contributed by atoms with Gasteiger partial charge in [0.05, 0.1) is 19.4 Å². The van der Waals surface area contributed by atoms with Crippen molar-refractivity contribution in [3.05, 3.63) is 71.8 Å². The number of carbonyl (C=O) groups is 2. The molecule has 21 heavy (non-hydrogen) atoms. The first-order chi connectivity index (χ1) is 10.2. The lowest BCUT2D eigenvalue weighted by atomic mass is 9.86. The van der Waals surface area contributed by atoms with Crippen LogP contribution in [0, 0.1) is 0 Å². The zero-order chi connectivity index (χ0) is 15.1. The van der Waals surface area contributed by atoms with Gasteiger partial charge in [0.1, 0.15) is 5.78 Å². The van der Waals surface area contributed by atoms with Gasteiger partial charge in [0, 0.05) is 6.42 Å². The van der Waals surface area contributed by atoms with Crippen LogP contribution in [-0.2, 0) is 14.3 Å². The fourth-order valence-corrected chi connectivity index (χ4v) is 2.33. The number of methoxy groups -OCH3 is 1.